The summed E-state index contributed by atoms with van der Waals surface area (Å²) < 4.78 is 0. The lowest BCUT2D eigenvalue weighted by molar-refractivity contribution is -0.136. The Morgan fingerprint density at radius 3 is 2.44 bits per heavy atom. The van der Waals surface area contributed by atoms with Crippen molar-refractivity contribution >= 4 is 5.97 Å². The molecule has 84 valence electrons. The molecule has 0 radical (unpaired) electrons. The van der Waals surface area contributed by atoms with Gasteiger partial charge < -0.3 is 5.11 Å². The van der Waals surface area contributed by atoms with Crippen molar-refractivity contribution in [2.45, 2.75) is 13.0 Å². The molecule has 1 aromatic rings. The van der Waals surface area contributed by atoms with Crippen LogP contribution >= 0.6 is 0 Å². The van der Waals surface area contributed by atoms with Crippen LogP contribution in [0.15, 0.2) is 36.4 Å². The fraction of sp³-hybridized carbons (Fsp3) is 0.308. The van der Waals surface area contributed by atoms with Gasteiger partial charge in [-0.1, -0.05) is 36.4 Å². The summed E-state index contributed by atoms with van der Waals surface area (Å²) in [7, 11) is 0. The molecule has 1 aliphatic heterocycles. The van der Waals surface area contributed by atoms with Crippen LogP contribution in [-0.2, 0) is 17.8 Å². The molecular formula is C13H15NO2. The predicted octanol–water partition coefficient (Wildman–Crippen LogP) is 1.69. The fourth-order valence-corrected chi connectivity index (χ4v) is 1.94. The van der Waals surface area contributed by atoms with Crippen LogP contribution in [0, 0.1) is 0 Å². The van der Waals surface area contributed by atoms with Crippen molar-refractivity contribution in [3.8, 4) is 0 Å². The second-order valence-corrected chi connectivity index (χ2v) is 4.00. The molecule has 0 saturated heterocycles. The molecule has 1 N–H and O–H groups in total. The van der Waals surface area contributed by atoms with E-state index < -0.39 is 5.97 Å². The Balaban J connectivity index is 2.09. The van der Waals surface area contributed by atoms with Gasteiger partial charge in [-0.25, -0.2) is 0 Å². The zero-order valence-electron chi connectivity index (χ0n) is 9.10. The van der Waals surface area contributed by atoms with Gasteiger partial charge in [0, 0.05) is 19.6 Å². The van der Waals surface area contributed by atoms with Gasteiger partial charge in [-0.15, -0.1) is 0 Å². The van der Waals surface area contributed by atoms with Gasteiger partial charge in [-0.05, 0) is 11.1 Å². The summed E-state index contributed by atoms with van der Waals surface area (Å²) in [4.78, 5) is 13.0. The van der Waals surface area contributed by atoms with Gasteiger partial charge in [0.25, 0.3) is 0 Å². The Labute approximate surface area is 95.0 Å². The van der Waals surface area contributed by atoms with Crippen LogP contribution in [0.1, 0.15) is 11.1 Å². The van der Waals surface area contributed by atoms with Crippen molar-refractivity contribution in [2.75, 3.05) is 13.1 Å². The molecule has 0 bridgehead atoms. The SMILES string of the molecule is O=C(O)Cc1ccccc1CN1CC=CC1. The van der Waals surface area contributed by atoms with Crippen molar-refractivity contribution in [1.82, 2.24) is 4.90 Å². The molecule has 2 rings (SSSR count). The van der Waals surface area contributed by atoms with E-state index in [-0.39, 0.29) is 6.42 Å². The summed E-state index contributed by atoms with van der Waals surface area (Å²) in [6, 6.07) is 7.76. The molecule has 0 aliphatic carbocycles. The highest BCUT2D eigenvalue weighted by atomic mass is 16.4. The minimum Gasteiger partial charge on any atom is -0.481 e. The molecule has 1 aliphatic rings. The van der Waals surface area contributed by atoms with Crippen molar-refractivity contribution in [3.05, 3.63) is 47.5 Å². The van der Waals surface area contributed by atoms with Gasteiger partial charge in [0.15, 0.2) is 0 Å². The average molecular weight is 217 g/mol. The monoisotopic (exact) mass is 217 g/mol. The third kappa shape index (κ3) is 2.70. The first-order chi connectivity index (χ1) is 7.75. The van der Waals surface area contributed by atoms with Gasteiger partial charge in [-0.2, -0.15) is 0 Å². The Morgan fingerprint density at radius 2 is 1.81 bits per heavy atom. The molecule has 0 atom stereocenters. The fourth-order valence-electron chi connectivity index (χ4n) is 1.94. The van der Waals surface area contributed by atoms with E-state index in [2.05, 4.69) is 17.1 Å². The second-order valence-electron chi connectivity index (χ2n) is 4.00. The zero-order chi connectivity index (χ0) is 11.4. The standard InChI is InChI=1S/C13H15NO2/c15-13(16)9-11-5-1-2-6-12(11)10-14-7-3-4-8-14/h1-6H,7-10H2,(H,15,16). The topological polar surface area (TPSA) is 40.5 Å². The van der Waals surface area contributed by atoms with Gasteiger partial charge in [0.2, 0.25) is 0 Å². The Morgan fingerprint density at radius 1 is 1.19 bits per heavy atom. The lowest BCUT2D eigenvalue weighted by Crippen LogP contribution is -2.20. The van der Waals surface area contributed by atoms with Gasteiger partial charge in [0.05, 0.1) is 6.42 Å². The van der Waals surface area contributed by atoms with E-state index in [1.54, 1.807) is 0 Å². The largest absolute Gasteiger partial charge is 0.481 e. The third-order valence-electron chi connectivity index (χ3n) is 2.75. The van der Waals surface area contributed by atoms with Crippen molar-refractivity contribution in [3.63, 3.8) is 0 Å². The first kappa shape index (κ1) is 10.9. The van der Waals surface area contributed by atoms with Crippen molar-refractivity contribution < 1.29 is 9.90 Å². The molecule has 0 fully saturated rings. The Bertz CT molecular complexity index is 404. The maximum absolute atomic E-state index is 10.7. The van der Waals surface area contributed by atoms with Crippen LogP contribution in [0.2, 0.25) is 0 Å². The summed E-state index contributed by atoms with van der Waals surface area (Å²) in [5.41, 5.74) is 2.04. The van der Waals surface area contributed by atoms with Crippen LogP contribution < -0.4 is 0 Å². The molecule has 3 heteroatoms. The van der Waals surface area contributed by atoms with Crippen LogP contribution in [0.4, 0.5) is 0 Å². The number of carboxylic acids is 1. The quantitative estimate of drug-likeness (QED) is 0.780. The van der Waals surface area contributed by atoms with E-state index in [0.29, 0.717) is 0 Å². The molecule has 0 spiro atoms. The number of benzene rings is 1. The van der Waals surface area contributed by atoms with Crippen LogP contribution in [0.5, 0.6) is 0 Å². The van der Waals surface area contributed by atoms with E-state index in [9.17, 15) is 4.79 Å². The zero-order valence-corrected chi connectivity index (χ0v) is 9.10. The molecule has 3 nitrogen and oxygen atoms in total. The van der Waals surface area contributed by atoms with E-state index in [1.807, 2.05) is 24.3 Å². The van der Waals surface area contributed by atoms with Crippen LogP contribution in [0.3, 0.4) is 0 Å². The summed E-state index contributed by atoms with van der Waals surface area (Å²) in [5, 5.41) is 8.83. The van der Waals surface area contributed by atoms with Gasteiger partial charge in [-0.3, -0.25) is 9.69 Å². The number of carbonyl (C=O) groups is 1. The van der Waals surface area contributed by atoms with E-state index in [1.165, 1.54) is 0 Å². The third-order valence-corrected chi connectivity index (χ3v) is 2.75. The normalized spacial score (nSPS) is 15.5. The number of hydrogen-bond donors (Lipinski definition) is 1. The smallest absolute Gasteiger partial charge is 0.307 e. The predicted molar refractivity (Wildman–Crippen MR) is 62.2 cm³/mol. The minimum atomic E-state index is -0.771. The molecule has 1 heterocycles. The highest BCUT2D eigenvalue weighted by Crippen LogP contribution is 2.14. The van der Waals surface area contributed by atoms with Crippen molar-refractivity contribution in [1.29, 1.82) is 0 Å². The molecule has 0 aromatic heterocycles. The van der Waals surface area contributed by atoms with Crippen LogP contribution in [0.25, 0.3) is 0 Å². The highest BCUT2D eigenvalue weighted by Gasteiger charge is 2.11. The van der Waals surface area contributed by atoms with E-state index in [4.69, 9.17) is 5.11 Å². The molecule has 0 unspecified atom stereocenters. The number of nitrogens with zero attached hydrogens (tertiary/aromatic N) is 1. The molecule has 0 amide bonds. The maximum Gasteiger partial charge on any atom is 0.307 e. The molecule has 1 aromatic carbocycles. The van der Waals surface area contributed by atoms with Gasteiger partial charge >= 0.3 is 5.97 Å². The average Bonchev–Trinajstić information content (AvgIpc) is 2.73. The number of carboxylic acid groups (broad SMARTS) is 1. The lowest BCUT2D eigenvalue weighted by atomic mass is 10.0. The summed E-state index contributed by atoms with van der Waals surface area (Å²) in [5.74, 6) is -0.771. The lowest BCUT2D eigenvalue weighted by Gasteiger charge is -2.16. The summed E-state index contributed by atoms with van der Waals surface area (Å²) in [6.07, 6.45) is 4.39. The first-order valence-corrected chi connectivity index (χ1v) is 5.41. The summed E-state index contributed by atoms with van der Waals surface area (Å²) >= 11 is 0. The maximum atomic E-state index is 10.7. The molecule has 0 saturated carbocycles. The molecule has 16 heavy (non-hydrogen) atoms. The molecular weight excluding hydrogens is 202 g/mol. The van der Waals surface area contributed by atoms with E-state index in [0.717, 1.165) is 30.8 Å². The van der Waals surface area contributed by atoms with E-state index >= 15 is 0 Å². The van der Waals surface area contributed by atoms with Crippen LogP contribution in [-0.4, -0.2) is 29.1 Å². The Kier molecular flexibility index (Phi) is 3.37. The Hall–Kier alpha value is -1.61. The second kappa shape index (κ2) is 4.94. The van der Waals surface area contributed by atoms with Crippen molar-refractivity contribution in [2.24, 2.45) is 0 Å². The highest BCUT2D eigenvalue weighted by molar-refractivity contribution is 5.70. The number of aliphatic carboxylic acids is 1. The number of rotatable bonds is 4. The summed E-state index contributed by atoms with van der Waals surface area (Å²) in [6.45, 7) is 2.75. The number of hydrogen-bond acceptors (Lipinski definition) is 2. The minimum absolute atomic E-state index is 0.109. The first-order valence-electron chi connectivity index (χ1n) is 5.41. The van der Waals surface area contributed by atoms with Gasteiger partial charge in [0.1, 0.15) is 0 Å².